The molecule has 0 spiro atoms. The number of nitrogens with one attached hydrogen (secondary N) is 2. The van der Waals surface area contributed by atoms with E-state index in [1.54, 1.807) is 18.2 Å². The Morgan fingerprint density at radius 1 is 0.913 bits per heavy atom. The number of anilines is 1. The third-order valence-corrected chi connectivity index (χ3v) is 6.91. The van der Waals surface area contributed by atoms with E-state index in [1.807, 2.05) is 57.2 Å². The number of hydrogen-bond donors (Lipinski definition) is 2. The first-order chi connectivity index (χ1) is 22.2. The van der Waals surface area contributed by atoms with Gasteiger partial charge in [-0.2, -0.15) is 5.10 Å². The number of ether oxygens (including phenoxy) is 2. The summed E-state index contributed by atoms with van der Waals surface area (Å²) < 4.78 is 19.1. The van der Waals surface area contributed by atoms with Gasteiger partial charge < -0.3 is 23.8 Å². The van der Waals surface area contributed by atoms with Gasteiger partial charge in [0.1, 0.15) is 18.1 Å². The van der Waals surface area contributed by atoms with Crippen molar-refractivity contribution in [1.82, 2.24) is 9.99 Å². The van der Waals surface area contributed by atoms with Crippen LogP contribution in [0.15, 0.2) is 101 Å². The number of aromatic nitrogens is 1. The molecule has 234 valence electrons. The normalized spacial score (nSPS) is 10.9. The fourth-order valence-electron chi connectivity index (χ4n) is 4.63. The summed E-state index contributed by atoms with van der Waals surface area (Å²) in [6.45, 7) is 5.63. The number of carbonyl (C=O) groups excluding carboxylic acids is 2. The number of hydrazone groups is 1. The van der Waals surface area contributed by atoms with E-state index in [4.69, 9.17) is 13.9 Å². The molecule has 0 saturated heterocycles. The van der Waals surface area contributed by atoms with Crippen molar-refractivity contribution < 1.29 is 28.4 Å². The Balaban J connectivity index is 1.17. The Kier molecular flexibility index (Phi) is 9.57. The molecule has 0 fully saturated rings. The van der Waals surface area contributed by atoms with E-state index >= 15 is 0 Å². The van der Waals surface area contributed by atoms with E-state index in [1.165, 1.54) is 30.5 Å². The van der Waals surface area contributed by atoms with Gasteiger partial charge in [0.2, 0.25) is 5.75 Å². The molecule has 0 radical (unpaired) electrons. The maximum Gasteiger partial charge on any atom is 0.311 e. The maximum absolute atomic E-state index is 12.6. The van der Waals surface area contributed by atoms with Crippen molar-refractivity contribution in [3.05, 3.63) is 135 Å². The number of aryl methyl sites for hydroxylation is 3. The summed E-state index contributed by atoms with van der Waals surface area (Å²) in [5, 5.41) is 18.2. The zero-order valence-corrected chi connectivity index (χ0v) is 25.4. The predicted octanol–water partition coefficient (Wildman–Crippen LogP) is 6.26. The molecule has 0 aliphatic rings. The molecule has 46 heavy (non-hydrogen) atoms. The molecule has 2 aromatic heterocycles. The Morgan fingerprint density at radius 3 is 2.33 bits per heavy atom. The summed E-state index contributed by atoms with van der Waals surface area (Å²) in [5.74, 6) is -0.263. The number of para-hydroxylation sites is 1. The van der Waals surface area contributed by atoms with Crippen LogP contribution in [0.2, 0.25) is 0 Å². The number of benzene rings is 3. The fourth-order valence-corrected chi connectivity index (χ4v) is 4.63. The van der Waals surface area contributed by atoms with Crippen molar-refractivity contribution >= 4 is 29.4 Å². The van der Waals surface area contributed by atoms with Crippen LogP contribution in [-0.4, -0.2) is 34.1 Å². The Bertz CT molecular complexity index is 1870. The van der Waals surface area contributed by atoms with Crippen molar-refractivity contribution in [2.45, 2.75) is 27.4 Å². The average Bonchev–Trinajstić information content (AvgIpc) is 3.66. The van der Waals surface area contributed by atoms with E-state index in [9.17, 15) is 19.7 Å². The first kappa shape index (κ1) is 31.3. The monoisotopic (exact) mass is 621 g/mol. The number of nitro benzene ring substituents is 1. The second kappa shape index (κ2) is 14.1. The lowest BCUT2D eigenvalue weighted by atomic mass is 10.2. The summed E-state index contributed by atoms with van der Waals surface area (Å²) in [6.07, 6.45) is 1.19. The molecule has 2 N–H and O–H groups in total. The molecule has 0 bridgehead atoms. The van der Waals surface area contributed by atoms with Crippen molar-refractivity contribution in [2.24, 2.45) is 5.10 Å². The Morgan fingerprint density at radius 2 is 1.63 bits per heavy atom. The second-order valence-corrected chi connectivity index (χ2v) is 10.4. The van der Waals surface area contributed by atoms with Crippen molar-refractivity contribution in [1.29, 1.82) is 0 Å². The van der Waals surface area contributed by atoms with Gasteiger partial charge in [-0.05, 0) is 87.5 Å². The summed E-state index contributed by atoms with van der Waals surface area (Å²) in [5.41, 5.74) is 7.03. The van der Waals surface area contributed by atoms with Gasteiger partial charge in [-0.25, -0.2) is 5.43 Å². The molecule has 0 unspecified atom stereocenters. The topological polar surface area (TPSA) is 150 Å². The number of hydrogen-bond acceptors (Lipinski definition) is 8. The SMILES string of the molecule is Cc1ccc(NC(=O)COc2c(/C=N/NC(=O)c3ccc(COc4ccc(-n5c(C)ccc5C)cc4)o3)cccc2[N+](=O)[O-])cc1. The van der Waals surface area contributed by atoms with Gasteiger partial charge in [0.05, 0.1) is 11.1 Å². The highest BCUT2D eigenvalue weighted by atomic mass is 16.6. The van der Waals surface area contributed by atoms with Crippen molar-refractivity contribution in [3.63, 3.8) is 0 Å². The zero-order chi connectivity index (χ0) is 32.6. The first-order valence-corrected chi connectivity index (χ1v) is 14.2. The van der Waals surface area contributed by atoms with Crippen molar-refractivity contribution in [3.8, 4) is 17.2 Å². The zero-order valence-electron chi connectivity index (χ0n) is 25.4. The second-order valence-electron chi connectivity index (χ2n) is 10.4. The molecule has 0 atom stereocenters. The minimum Gasteiger partial charge on any atom is -0.486 e. The maximum atomic E-state index is 12.6. The van der Waals surface area contributed by atoms with Crippen molar-refractivity contribution in [2.75, 3.05) is 11.9 Å². The van der Waals surface area contributed by atoms with Gasteiger partial charge in [0.15, 0.2) is 12.4 Å². The summed E-state index contributed by atoms with van der Waals surface area (Å²) in [4.78, 5) is 36.1. The van der Waals surface area contributed by atoms with Gasteiger partial charge in [-0.15, -0.1) is 0 Å². The summed E-state index contributed by atoms with van der Waals surface area (Å²) in [7, 11) is 0. The van der Waals surface area contributed by atoms with Crippen LogP contribution in [-0.2, 0) is 11.4 Å². The van der Waals surface area contributed by atoms with Crippen LogP contribution < -0.4 is 20.2 Å². The third kappa shape index (κ3) is 7.66. The smallest absolute Gasteiger partial charge is 0.311 e. The Labute approximate surface area is 264 Å². The van der Waals surface area contributed by atoms with Crippen LogP contribution in [0.5, 0.6) is 11.5 Å². The summed E-state index contributed by atoms with van der Waals surface area (Å²) in [6, 6.07) is 26.2. The lowest BCUT2D eigenvalue weighted by Crippen LogP contribution is -2.21. The van der Waals surface area contributed by atoms with Gasteiger partial charge >= 0.3 is 11.6 Å². The molecule has 2 amide bonds. The number of nitro groups is 1. The van der Waals surface area contributed by atoms with Gasteiger partial charge in [0.25, 0.3) is 5.91 Å². The largest absolute Gasteiger partial charge is 0.486 e. The average molecular weight is 622 g/mol. The standard InChI is InChI=1S/C34H31N5O7/c1-22-7-11-26(12-8-22)36-32(40)21-45-33-25(5-4-6-30(33)39(42)43)19-35-37-34(41)31-18-17-29(46-31)20-44-28-15-13-27(14-16-28)38-23(2)9-10-24(38)3/h4-19H,20-21H2,1-3H3,(H,36,40)(H,37,41)/b35-19+. The van der Waals surface area contributed by atoms with Crippen LogP contribution in [0.25, 0.3) is 5.69 Å². The number of amides is 2. The molecule has 12 heteroatoms. The van der Waals surface area contributed by atoms with Crippen LogP contribution >= 0.6 is 0 Å². The molecule has 2 heterocycles. The molecular weight excluding hydrogens is 590 g/mol. The van der Waals surface area contributed by atoms with Gasteiger partial charge in [0, 0.05) is 34.4 Å². The predicted molar refractivity (Wildman–Crippen MR) is 172 cm³/mol. The summed E-state index contributed by atoms with van der Waals surface area (Å²) >= 11 is 0. The molecular formula is C34H31N5O7. The third-order valence-electron chi connectivity index (χ3n) is 6.91. The van der Waals surface area contributed by atoms with Crippen LogP contribution in [0.1, 0.15) is 38.8 Å². The van der Waals surface area contributed by atoms with Crippen LogP contribution in [0, 0.1) is 30.9 Å². The van der Waals surface area contributed by atoms with E-state index in [0.29, 0.717) is 17.2 Å². The van der Waals surface area contributed by atoms with E-state index in [-0.39, 0.29) is 29.4 Å². The minimum absolute atomic E-state index is 0.00653. The first-order valence-electron chi connectivity index (χ1n) is 14.2. The van der Waals surface area contributed by atoms with Crippen LogP contribution in [0.3, 0.4) is 0 Å². The molecule has 5 aromatic rings. The van der Waals surface area contributed by atoms with Gasteiger partial charge in [-0.3, -0.25) is 19.7 Å². The molecule has 0 aliphatic heterocycles. The van der Waals surface area contributed by atoms with Crippen LogP contribution in [0.4, 0.5) is 11.4 Å². The molecule has 5 rings (SSSR count). The lowest BCUT2D eigenvalue weighted by molar-refractivity contribution is -0.385. The highest BCUT2D eigenvalue weighted by Crippen LogP contribution is 2.30. The molecule has 12 nitrogen and oxygen atoms in total. The quantitative estimate of drug-likeness (QED) is 0.0948. The highest BCUT2D eigenvalue weighted by molar-refractivity contribution is 5.94. The minimum atomic E-state index is -0.644. The number of rotatable bonds is 12. The van der Waals surface area contributed by atoms with E-state index in [2.05, 4.69) is 32.5 Å². The number of nitrogens with zero attached hydrogens (tertiary/aromatic N) is 3. The highest BCUT2D eigenvalue weighted by Gasteiger charge is 2.20. The number of carbonyl (C=O) groups is 2. The fraction of sp³-hybridized carbons (Fsp3) is 0.147. The molecule has 0 aliphatic carbocycles. The number of furan rings is 1. The molecule has 0 saturated carbocycles. The Hall–Kier alpha value is -6.17. The van der Waals surface area contributed by atoms with E-state index in [0.717, 1.165) is 22.6 Å². The molecule has 3 aromatic carbocycles. The lowest BCUT2D eigenvalue weighted by Gasteiger charge is -2.10. The van der Waals surface area contributed by atoms with E-state index < -0.39 is 23.3 Å². The van der Waals surface area contributed by atoms with Gasteiger partial charge in [-0.1, -0.05) is 23.8 Å².